The number of aliphatic imine (C=N–C) groups is 1. The summed E-state index contributed by atoms with van der Waals surface area (Å²) in [6, 6.07) is 8.51. The molecule has 0 amide bonds. The quantitative estimate of drug-likeness (QED) is 0.652. The summed E-state index contributed by atoms with van der Waals surface area (Å²) in [5, 5.41) is 10.7. The van der Waals surface area contributed by atoms with Crippen LogP contribution in [0.15, 0.2) is 41.7 Å². The third kappa shape index (κ3) is 4.95. The molecular formula is C16H23N5. The van der Waals surface area contributed by atoms with Crippen LogP contribution >= 0.6 is 0 Å². The molecule has 0 aliphatic rings. The van der Waals surface area contributed by atoms with Crippen molar-refractivity contribution in [3.05, 3.63) is 53.3 Å². The summed E-state index contributed by atoms with van der Waals surface area (Å²) < 4.78 is 1.79. The summed E-state index contributed by atoms with van der Waals surface area (Å²) in [4.78, 5) is 4.57. The van der Waals surface area contributed by atoms with Gasteiger partial charge in [-0.3, -0.25) is 4.68 Å². The average molecular weight is 285 g/mol. The molecule has 112 valence electrons. The number of rotatable bonds is 5. The Hall–Kier alpha value is -2.30. The molecule has 0 atom stereocenters. The van der Waals surface area contributed by atoms with Gasteiger partial charge in [-0.1, -0.05) is 29.8 Å². The SMILES string of the molecule is CCNC(=NCc1cnn(C)c1)NCc1ccc(C)cc1. The molecule has 1 aromatic carbocycles. The van der Waals surface area contributed by atoms with Crippen molar-refractivity contribution in [2.75, 3.05) is 6.54 Å². The zero-order valence-electron chi connectivity index (χ0n) is 12.9. The molecule has 2 rings (SSSR count). The molecule has 0 unspecified atom stereocenters. The summed E-state index contributed by atoms with van der Waals surface area (Å²) in [7, 11) is 1.91. The van der Waals surface area contributed by atoms with E-state index in [1.807, 2.05) is 19.4 Å². The first-order valence-electron chi connectivity index (χ1n) is 7.22. The Morgan fingerprint density at radius 2 is 1.95 bits per heavy atom. The molecule has 0 radical (unpaired) electrons. The number of hydrogen-bond acceptors (Lipinski definition) is 2. The smallest absolute Gasteiger partial charge is 0.191 e. The van der Waals surface area contributed by atoms with Crippen molar-refractivity contribution >= 4 is 5.96 Å². The molecule has 0 saturated heterocycles. The molecule has 0 bridgehead atoms. The highest BCUT2D eigenvalue weighted by Gasteiger charge is 1.99. The van der Waals surface area contributed by atoms with Crippen molar-refractivity contribution in [3.63, 3.8) is 0 Å². The fraction of sp³-hybridized carbons (Fsp3) is 0.375. The van der Waals surface area contributed by atoms with E-state index in [2.05, 4.69) is 58.8 Å². The van der Waals surface area contributed by atoms with Crippen molar-refractivity contribution in [1.82, 2.24) is 20.4 Å². The number of guanidine groups is 1. The van der Waals surface area contributed by atoms with Gasteiger partial charge in [0.25, 0.3) is 0 Å². The lowest BCUT2D eigenvalue weighted by atomic mass is 10.1. The fourth-order valence-electron chi connectivity index (χ4n) is 1.96. The van der Waals surface area contributed by atoms with Crippen LogP contribution in [0.4, 0.5) is 0 Å². The second-order valence-electron chi connectivity index (χ2n) is 5.06. The van der Waals surface area contributed by atoms with Gasteiger partial charge in [-0.15, -0.1) is 0 Å². The molecule has 0 aliphatic carbocycles. The van der Waals surface area contributed by atoms with Crippen LogP contribution in [0.5, 0.6) is 0 Å². The predicted octanol–water partition coefficient (Wildman–Crippen LogP) is 1.98. The van der Waals surface area contributed by atoms with Gasteiger partial charge in [-0.2, -0.15) is 5.10 Å². The molecule has 1 aromatic heterocycles. The van der Waals surface area contributed by atoms with Gasteiger partial charge >= 0.3 is 0 Å². The fourth-order valence-corrected chi connectivity index (χ4v) is 1.96. The summed E-state index contributed by atoms with van der Waals surface area (Å²) in [5.41, 5.74) is 3.62. The lowest BCUT2D eigenvalue weighted by molar-refractivity contribution is 0.766. The lowest BCUT2D eigenvalue weighted by Gasteiger charge is -2.11. The van der Waals surface area contributed by atoms with Crippen molar-refractivity contribution < 1.29 is 0 Å². The molecule has 5 heteroatoms. The first-order chi connectivity index (χ1) is 10.2. The van der Waals surface area contributed by atoms with E-state index >= 15 is 0 Å². The first kappa shape index (κ1) is 15.1. The third-order valence-corrected chi connectivity index (χ3v) is 3.10. The minimum Gasteiger partial charge on any atom is -0.357 e. The molecule has 2 aromatic rings. The highest BCUT2D eigenvalue weighted by Crippen LogP contribution is 2.02. The Balaban J connectivity index is 1.93. The number of aromatic nitrogens is 2. The van der Waals surface area contributed by atoms with Crippen LogP contribution in [0.25, 0.3) is 0 Å². The predicted molar refractivity (Wildman–Crippen MR) is 86.0 cm³/mol. The number of nitrogens with zero attached hydrogens (tertiary/aromatic N) is 3. The maximum atomic E-state index is 4.57. The molecule has 2 N–H and O–H groups in total. The molecule has 21 heavy (non-hydrogen) atoms. The van der Waals surface area contributed by atoms with Crippen LogP contribution in [-0.2, 0) is 20.1 Å². The maximum Gasteiger partial charge on any atom is 0.191 e. The van der Waals surface area contributed by atoms with Gasteiger partial charge in [-0.05, 0) is 19.4 Å². The van der Waals surface area contributed by atoms with Crippen LogP contribution in [0.3, 0.4) is 0 Å². The third-order valence-electron chi connectivity index (χ3n) is 3.10. The van der Waals surface area contributed by atoms with Crippen LogP contribution < -0.4 is 10.6 Å². The molecule has 1 heterocycles. The van der Waals surface area contributed by atoms with E-state index < -0.39 is 0 Å². The standard InChI is InChI=1S/C16H23N5/c1-4-17-16(19-10-15-11-20-21(3)12-15)18-9-14-7-5-13(2)6-8-14/h5-8,11-12H,4,9-10H2,1-3H3,(H2,17,18,19). The van der Waals surface area contributed by atoms with Crippen molar-refractivity contribution in [2.24, 2.45) is 12.0 Å². The highest BCUT2D eigenvalue weighted by atomic mass is 15.2. The maximum absolute atomic E-state index is 4.57. The second-order valence-corrected chi connectivity index (χ2v) is 5.06. The Kier molecular flexibility index (Phi) is 5.37. The number of aryl methyl sites for hydroxylation is 2. The van der Waals surface area contributed by atoms with Gasteiger partial charge in [0, 0.05) is 31.9 Å². The zero-order valence-corrected chi connectivity index (χ0v) is 12.9. The molecule has 0 aliphatic heterocycles. The topological polar surface area (TPSA) is 54.2 Å². The highest BCUT2D eigenvalue weighted by molar-refractivity contribution is 5.79. The van der Waals surface area contributed by atoms with Crippen LogP contribution in [-0.4, -0.2) is 22.3 Å². The Bertz CT molecular complexity index is 583. The van der Waals surface area contributed by atoms with Crippen molar-refractivity contribution in [2.45, 2.75) is 26.9 Å². The van der Waals surface area contributed by atoms with Gasteiger partial charge in [0.15, 0.2) is 5.96 Å². The van der Waals surface area contributed by atoms with E-state index in [1.54, 1.807) is 4.68 Å². The van der Waals surface area contributed by atoms with Crippen LogP contribution in [0.1, 0.15) is 23.6 Å². The normalized spacial score (nSPS) is 11.5. The summed E-state index contributed by atoms with van der Waals surface area (Å²) in [5.74, 6) is 0.821. The number of hydrogen-bond donors (Lipinski definition) is 2. The van der Waals surface area contributed by atoms with E-state index in [-0.39, 0.29) is 0 Å². The largest absolute Gasteiger partial charge is 0.357 e. The van der Waals surface area contributed by atoms with E-state index in [4.69, 9.17) is 0 Å². The van der Waals surface area contributed by atoms with Gasteiger partial charge in [-0.25, -0.2) is 4.99 Å². The van der Waals surface area contributed by atoms with Crippen molar-refractivity contribution in [1.29, 1.82) is 0 Å². The van der Waals surface area contributed by atoms with Gasteiger partial charge in [0.2, 0.25) is 0 Å². The molecule has 0 spiro atoms. The minimum absolute atomic E-state index is 0.622. The van der Waals surface area contributed by atoms with E-state index in [0.717, 1.165) is 24.6 Å². The summed E-state index contributed by atoms with van der Waals surface area (Å²) >= 11 is 0. The number of nitrogens with one attached hydrogen (secondary N) is 2. The van der Waals surface area contributed by atoms with Crippen LogP contribution in [0, 0.1) is 6.92 Å². The van der Waals surface area contributed by atoms with Crippen LogP contribution in [0.2, 0.25) is 0 Å². The van der Waals surface area contributed by atoms with Crippen molar-refractivity contribution in [3.8, 4) is 0 Å². The molecule has 5 nitrogen and oxygen atoms in total. The van der Waals surface area contributed by atoms with Gasteiger partial charge in [0.05, 0.1) is 12.7 Å². The lowest BCUT2D eigenvalue weighted by Crippen LogP contribution is -2.36. The number of benzene rings is 1. The molecule has 0 saturated carbocycles. The Morgan fingerprint density at radius 3 is 2.57 bits per heavy atom. The summed E-state index contributed by atoms with van der Waals surface area (Å²) in [6.07, 6.45) is 3.82. The second kappa shape index (κ2) is 7.47. The van der Waals surface area contributed by atoms with E-state index in [9.17, 15) is 0 Å². The Labute approximate surface area is 126 Å². The minimum atomic E-state index is 0.622. The zero-order chi connectivity index (χ0) is 15.1. The van der Waals surface area contributed by atoms with E-state index in [0.29, 0.717) is 6.54 Å². The first-order valence-corrected chi connectivity index (χ1v) is 7.22. The molecule has 0 fully saturated rings. The summed E-state index contributed by atoms with van der Waals surface area (Å²) in [6.45, 7) is 6.38. The van der Waals surface area contributed by atoms with Gasteiger partial charge < -0.3 is 10.6 Å². The molecular weight excluding hydrogens is 262 g/mol. The monoisotopic (exact) mass is 285 g/mol. The Morgan fingerprint density at radius 1 is 1.19 bits per heavy atom. The van der Waals surface area contributed by atoms with Gasteiger partial charge in [0.1, 0.15) is 0 Å². The van der Waals surface area contributed by atoms with E-state index in [1.165, 1.54) is 11.1 Å². The average Bonchev–Trinajstić information content (AvgIpc) is 2.89.